The standard InChI is InChI=1S/C20H31N3O3S/c1-15-7-8-18(27(25,26)23-11-5-4-6-16(23)2)14-19(15)20(24)21-17-9-12-22(3)13-10-17/h7-8,14,16-17H,4-6,9-13H2,1-3H3,(H,21,24). The first-order valence-electron chi connectivity index (χ1n) is 9.91. The van der Waals surface area contributed by atoms with Gasteiger partial charge in [-0.3, -0.25) is 4.79 Å². The highest BCUT2D eigenvalue weighted by Crippen LogP contribution is 2.26. The number of amides is 1. The highest BCUT2D eigenvalue weighted by atomic mass is 32.2. The Morgan fingerprint density at radius 1 is 1.11 bits per heavy atom. The third-order valence-corrected chi connectivity index (χ3v) is 7.87. The second-order valence-electron chi connectivity index (χ2n) is 7.99. The molecule has 150 valence electrons. The van der Waals surface area contributed by atoms with Gasteiger partial charge in [0, 0.05) is 24.2 Å². The third kappa shape index (κ3) is 4.52. The molecular weight excluding hydrogens is 362 g/mol. The van der Waals surface area contributed by atoms with Gasteiger partial charge in [0.15, 0.2) is 0 Å². The highest BCUT2D eigenvalue weighted by molar-refractivity contribution is 7.89. The van der Waals surface area contributed by atoms with Crippen molar-refractivity contribution in [3.05, 3.63) is 29.3 Å². The monoisotopic (exact) mass is 393 g/mol. The summed E-state index contributed by atoms with van der Waals surface area (Å²) in [6, 6.07) is 5.07. The summed E-state index contributed by atoms with van der Waals surface area (Å²) < 4.78 is 27.8. The van der Waals surface area contributed by atoms with E-state index >= 15 is 0 Å². The molecule has 1 amide bonds. The van der Waals surface area contributed by atoms with Crippen LogP contribution in [-0.2, 0) is 10.0 Å². The van der Waals surface area contributed by atoms with E-state index in [9.17, 15) is 13.2 Å². The Morgan fingerprint density at radius 3 is 2.48 bits per heavy atom. The maximum absolute atomic E-state index is 13.1. The molecule has 0 radical (unpaired) electrons. The third-order valence-electron chi connectivity index (χ3n) is 5.86. The quantitative estimate of drug-likeness (QED) is 0.853. The Morgan fingerprint density at radius 2 is 1.81 bits per heavy atom. The van der Waals surface area contributed by atoms with Gasteiger partial charge in [-0.2, -0.15) is 4.31 Å². The topological polar surface area (TPSA) is 69.7 Å². The van der Waals surface area contributed by atoms with Gasteiger partial charge in [-0.05, 0) is 77.4 Å². The van der Waals surface area contributed by atoms with E-state index in [0.717, 1.165) is 50.8 Å². The lowest BCUT2D eigenvalue weighted by Crippen LogP contribution is -2.43. The molecule has 2 saturated heterocycles. The van der Waals surface area contributed by atoms with Gasteiger partial charge in [-0.1, -0.05) is 12.5 Å². The number of nitrogens with one attached hydrogen (secondary N) is 1. The van der Waals surface area contributed by atoms with Crippen molar-refractivity contribution in [2.45, 2.75) is 62.9 Å². The molecule has 0 aliphatic carbocycles. The zero-order valence-corrected chi connectivity index (χ0v) is 17.4. The first-order valence-corrected chi connectivity index (χ1v) is 11.3. The second kappa shape index (κ2) is 8.29. The Kier molecular flexibility index (Phi) is 6.23. The minimum atomic E-state index is -3.58. The molecule has 2 aliphatic rings. The van der Waals surface area contributed by atoms with E-state index in [1.807, 2.05) is 13.8 Å². The van der Waals surface area contributed by atoms with Gasteiger partial charge in [0.05, 0.1) is 4.90 Å². The maximum Gasteiger partial charge on any atom is 0.251 e. The predicted molar refractivity (Wildman–Crippen MR) is 106 cm³/mol. The van der Waals surface area contributed by atoms with Crippen LogP contribution in [0.3, 0.4) is 0 Å². The lowest BCUT2D eigenvalue weighted by molar-refractivity contribution is 0.0916. The SMILES string of the molecule is Cc1ccc(S(=O)(=O)N2CCCCC2C)cc1C(=O)NC1CCN(C)CC1. The van der Waals surface area contributed by atoms with Crippen molar-refractivity contribution in [2.75, 3.05) is 26.7 Å². The fourth-order valence-electron chi connectivity index (χ4n) is 3.99. The number of rotatable bonds is 4. The van der Waals surface area contributed by atoms with Crippen LogP contribution in [0.1, 0.15) is 54.9 Å². The van der Waals surface area contributed by atoms with Crippen LogP contribution in [0.5, 0.6) is 0 Å². The summed E-state index contributed by atoms with van der Waals surface area (Å²) in [5.74, 6) is -0.175. The molecule has 0 aromatic heterocycles. The first kappa shape index (κ1) is 20.3. The minimum absolute atomic E-state index is 0.00144. The largest absolute Gasteiger partial charge is 0.349 e. The molecule has 1 aromatic rings. The molecule has 2 heterocycles. The average molecular weight is 394 g/mol. The van der Waals surface area contributed by atoms with Crippen LogP contribution < -0.4 is 5.32 Å². The zero-order chi connectivity index (χ0) is 19.6. The van der Waals surface area contributed by atoms with Crippen molar-refractivity contribution in [1.29, 1.82) is 0 Å². The number of carbonyl (C=O) groups excluding carboxylic acids is 1. The zero-order valence-electron chi connectivity index (χ0n) is 16.6. The summed E-state index contributed by atoms with van der Waals surface area (Å²) in [5, 5.41) is 3.09. The van der Waals surface area contributed by atoms with Crippen molar-refractivity contribution in [1.82, 2.24) is 14.5 Å². The van der Waals surface area contributed by atoms with Crippen LogP contribution in [0.25, 0.3) is 0 Å². The Hall–Kier alpha value is -1.44. The van der Waals surface area contributed by atoms with Gasteiger partial charge in [0.1, 0.15) is 0 Å². The molecule has 1 atom stereocenters. The van der Waals surface area contributed by atoms with Crippen LogP contribution in [-0.4, -0.2) is 62.3 Å². The number of nitrogens with zero attached hydrogens (tertiary/aromatic N) is 2. The Balaban J connectivity index is 1.80. The molecule has 2 aliphatic heterocycles. The van der Waals surface area contributed by atoms with Crippen molar-refractivity contribution in [2.24, 2.45) is 0 Å². The number of piperidine rings is 2. The fraction of sp³-hybridized carbons (Fsp3) is 0.650. The molecule has 0 bridgehead atoms. The first-order chi connectivity index (χ1) is 12.8. The molecule has 1 aromatic carbocycles. The number of hydrogen-bond donors (Lipinski definition) is 1. The molecule has 1 unspecified atom stereocenters. The lowest BCUT2D eigenvalue weighted by Gasteiger charge is -2.32. The van der Waals surface area contributed by atoms with Crippen LogP contribution in [0, 0.1) is 6.92 Å². The molecule has 7 heteroatoms. The predicted octanol–water partition coefficient (Wildman–Crippen LogP) is 2.38. The summed E-state index contributed by atoms with van der Waals surface area (Å²) in [6.07, 6.45) is 4.67. The molecule has 6 nitrogen and oxygen atoms in total. The average Bonchev–Trinajstić information content (AvgIpc) is 2.64. The van der Waals surface area contributed by atoms with Gasteiger partial charge < -0.3 is 10.2 Å². The second-order valence-corrected chi connectivity index (χ2v) is 9.88. The summed E-state index contributed by atoms with van der Waals surface area (Å²) in [4.78, 5) is 15.3. The number of hydrogen-bond acceptors (Lipinski definition) is 4. The van der Waals surface area contributed by atoms with Gasteiger partial charge in [-0.25, -0.2) is 8.42 Å². The number of sulfonamides is 1. The normalized spacial score (nSPS) is 23.3. The smallest absolute Gasteiger partial charge is 0.251 e. The molecular formula is C20H31N3O3S. The van der Waals surface area contributed by atoms with Crippen LogP contribution >= 0.6 is 0 Å². The molecule has 1 N–H and O–H groups in total. The van der Waals surface area contributed by atoms with Crippen LogP contribution in [0.15, 0.2) is 23.1 Å². The summed E-state index contributed by atoms with van der Waals surface area (Å²) in [6.45, 7) is 6.28. The van der Waals surface area contributed by atoms with Crippen LogP contribution in [0.2, 0.25) is 0 Å². The van der Waals surface area contributed by atoms with E-state index in [1.54, 1.807) is 22.5 Å². The molecule has 2 fully saturated rings. The maximum atomic E-state index is 13.1. The molecule has 3 rings (SSSR count). The van der Waals surface area contributed by atoms with Gasteiger partial charge in [0.2, 0.25) is 10.0 Å². The molecule has 0 spiro atoms. The number of carbonyl (C=O) groups is 1. The highest BCUT2D eigenvalue weighted by Gasteiger charge is 2.31. The Labute approximate surface area is 163 Å². The van der Waals surface area contributed by atoms with Gasteiger partial charge >= 0.3 is 0 Å². The molecule has 27 heavy (non-hydrogen) atoms. The fourth-order valence-corrected chi connectivity index (χ4v) is 5.71. The van der Waals surface area contributed by atoms with Crippen molar-refractivity contribution >= 4 is 15.9 Å². The van der Waals surface area contributed by atoms with Crippen molar-refractivity contribution in [3.63, 3.8) is 0 Å². The van der Waals surface area contributed by atoms with E-state index in [4.69, 9.17) is 0 Å². The van der Waals surface area contributed by atoms with Gasteiger partial charge in [0.25, 0.3) is 5.91 Å². The van der Waals surface area contributed by atoms with Gasteiger partial charge in [-0.15, -0.1) is 0 Å². The number of likely N-dealkylation sites (tertiary alicyclic amines) is 1. The number of aryl methyl sites for hydroxylation is 1. The summed E-state index contributed by atoms with van der Waals surface area (Å²) in [7, 11) is -1.50. The van der Waals surface area contributed by atoms with E-state index < -0.39 is 10.0 Å². The van der Waals surface area contributed by atoms with Crippen LogP contribution in [0.4, 0.5) is 0 Å². The lowest BCUT2D eigenvalue weighted by atomic mass is 10.0. The Bertz CT molecular complexity index is 786. The van der Waals surface area contributed by atoms with E-state index in [2.05, 4.69) is 17.3 Å². The van der Waals surface area contributed by atoms with Crippen molar-refractivity contribution in [3.8, 4) is 0 Å². The molecule has 0 saturated carbocycles. The number of benzene rings is 1. The van der Waals surface area contributed by atoms with E-state index in [0.29, 0.717) is 12.1 Å². The minimum Gasteiger partial charge on any atom is -0.349 e. The van der Waals surface area contributed by atoms with E-state index in [1.165, 1.54) is 0 Å². The summed E-state index contributed by atoms with van der Waals surface area (Å²) >= 11 is 0. The summed E-state index contributed by atoms with van der Waals surface area (Å²) in [5.41, 5.74) is 1.26. The van der Waals surface area contributed by atoms with Crippen molar-refractivity contribution < 1.29 is 13.2 Å². The van der Waals surface area contributed by atoms with E-state index in [-0.39, 0.29) is 22.9 Å².